The SMILES string of the molecule is CNC1CC2CCC(C1)N2c1c(C)cc(C)cc1C. The fraction of sp³-hybridized carbons (Fsp3) is 0.647. The summed E-state index contributed by atoms with van der Waals surface area (Å²) in [5.74, 6) is 0. The summed E-state index contributed by atoms with van der Waals surface area (Å²) in [6, 6.07) is 6.89. The lowest BCUT2D eigenvalue weighted by Gasteiger charge is -2.42. The average molecular weight is 258 g/mol. The second-order valence-electron chi connectivity index (χ2n) is 6.50. The highest BCUT2D eigenvalue weighted by Crippen LogP contribution is 2.42. The van der Waals surface area contributed by atoms with Gasteiger partial charge in [-0.15, -0.1) is 0 Å². The van der Waals surface area contributed by atoms with E-state index >= 15 is 0 Å². The Morgan fingerprint density at radius 1 is 1.00 bits per heavy atom. The van der Waals surface area contributed by atoms with Crippen molar-refractivity contribution in [3.8, 4) is 0 Å². The highest BCUT2D eigenvalue weighted by molar-refractivity contribution is 5.62. The summed E-state index contributed by atoms with van der Waals surface area (Å²) >= 11 is 0. The largest absolute Gasteiger partial charge is 0.365 e. The summed E-state index contributed by atoms with van der Waals surface area (Å²) in [6.45, 7) is 6.75. The lowest BCUT2D eigenvalue weighted by atomic mass is 9.94. The lowest BCUT2D eigenvalue weighted by Crippen LogP contribution is -2.49. The summed E-state index contributed by atoms with van der Waals surface area (Å²) in [4.78, 5) is 2.75. The molecular formula is C17H26N2. The van der Waals surface area contributed by atoms with E-state index < -0.39 is 0 Å². The minimum absolute atomic E-state index is 0.722. The third-order valence-electron chi connectivity index (χ3n) is 5.03. The van der Waals surface area contributed by atoms with E-state index in [1.807, 2.05) is 0 Å². The highest BCUT2D eigenvalue weighted by atomic mass is 15.2. The van der Waals surface area contributed by atoms with E-state index in [2.05, 4.69) is 50.2 Å². The van der Waals surface area contributed by atoms with Crippen LogP contribution in [0.5, 0.6) is 0 Å². The van der Waals surface area contributed by atoms with Crippen LogP contribution in [0.3, 0.4) is 0 Å². The Hall–Kier alpha value is -1.02. The van der Waals surface area contributed by atoms with E-state index in [1.165, 1.54) is 48.1 Å². The number of benzene rings is 1. The lowest BCUT2D eigenvalue weighted by molar-refractivity contribution is 0.373. The maximum Gasteiger partial charge on any atom is 0.0430 e. The van der Waals surface area contributed by atoms with Gasteiger partial charge in [-0.1, -0.05) is 17.7 Å². The van der Waals surface area contributed by atoms with Crippen molar-refractivity contribution < 1.29 is 0 Å². The number of nitrogens with zero attached hydrogens (tertiary/aromatic N) is 1. The molecule has 1 aromatic rings. The molecule has 1 N–H and O–H groups in total. The molecule has 2 nitrogen and oxygen atoms in total. The van der Waals surface area contributed by atoms with Crippen molar-refractivity contribution in [1.29, 1.82) is 0 Å². The first kappa shape index (κ1) is 13.0. The topological polar surface area (TPSA) is 15.3 Å². The van der Waals surface area contributed by atoms with Crippen LogP contribution in [0.15, 0.2) is 12.1 Å². The zero-order chi connectivity index (χ0) is 13.6. The molecule has 2 heteroatoms. The van der Waals surface area contributed by atoms with Crippen LogP contribution < -0.4 is 10.2 Å². The predicted molar refractivity (Wildman–Crippen MR) is 82.0 cm³/mol. The first-order chi connectivity index (χ1) is 9.10. The van der Waals surface area contributed by atoms with E-state index in [9.17, 15) is 0 Å². The van der Waals surface area contributed by atoms with Crippen molar-refractivity contribution in [3.05, 3.63) is 28.8 Å². The van der Waals surface area contributed by atoms with Gasteiger partial charge in [0.1, 0.15) is 0 Å². The summed E-state index contributed by atoms with van der Waals surface area (Å²) in [6.07, 6.45) is 5.35. The van der Waals surface area contributed by atoms with E-state index in [0.29, 0.717) is 0 Å². The van der Waals surface area contributed by atoms with Gasteiger partial charge in [-0.05, 0) is 64.6 Å². The molecule has 2 heterocycles. The van der Waals surface area contributed by atoms with Crippen molar-refractivity contribution >= 4 is 5.69 Å². The van der Waals surface area contributed by atoms with Crippen molar-refractivity contribution in [2.45, 2.75) is 64.6 Å². The van der Waals surface area contributed by atoms with Crippen molar-refractivity contribution in [2.75, 3.05) is 11.9 Å². The van der Waals surface area contributed by atoms with Crippen molar-refractivity contribution in [3.63, 3.8) is 0 Å². The Morgan fingerprint density at radius 3 is 2.00 bits per heavy atom. The van der Waals surface area contributed by atoms with Crippen LogP contribution in [-0.2, 0) is 0 Å². The molecule has 1 aromatic carbocycles. The molecule has 0 radical (unpaired) electrons. The fourth-order valence-electron chi connectivity index (χ4n) is 4.36. The second-order valence-corrected chi connectivity index (χ2v) is 6.50. The summed E-state index contributed by atoms with van der Waals surface area (Å²) in [5.41, 5.74) is 5.82. The summed E-state index contributed by atoms with van der Waals surface area (Å²) in [5, 5.41) is 3.49. The van der Waals surface area contributed by atoms with E-state index in [-0.39, 0.29) is 0 Å². The molecule has 2 fully saturated rings. The van der Waals surface area contributed by atoms with Gasteiger partial charge in [0.2, 0.25) is 0 Å². The van der Waals surface area contributed by atoms with Crippen molar-refractivity contribution in [1.82, 2.24) is 5.32 Å². The molecule has 2 bridgehead atoms. The zero-order valence-corrected chi connectivity index (χ0v) is 12.7. The van der Waals surface area contributed by atoms with E-state index in [0.717, 1.165) is 18.1 Å². The Bertz CT molecular complexity index is 443. The fourth-order valence-corrected chi connectivity index (χ4v) is 4.36. The van der Waals surface area contributed by atoms with E-state index in [1.54, 1.807) is 0 Å². The zero-order valence-electron chi connectivity index (χ0n) is 12.7. The van der Waals surface area contributed by atoms with Gasteiger partial charge < -0.3 is 10.2 Å². The molecule has 0 saturated carbocycles. The first-order valence-electron chi connectivity index (χ1n) is 7.63. The van der Waals surface area contributed by atoms with Crippen LogP contribution >= 0.6 is 0 Å². The Balaban J connectivity index is 1.96. The molecular weight excluding hydrogens is 232 g/mol. The molecule has 2 aliphatic heterocycles. The maximum atomic E-state index is 3.49. The maximum absolute atomic E-state index is 3.49. The van der Waals surface area contributed by atoms with Gasteiger partial charge in [-0.3, -0.25) is 0 Å². The number of anilines is 1. The third kappa shape index (κ3) is 2.16. The van der Waals surface area contributed by atoms with Crippen LogP contribution in [0.25, 0.3) is 0 Å². The first-order valence-corrected chi connectivity index (χ1v) is 7.63. The number of hydrogen-bond donors (Lipinski definition) is 1. The monoisotopic (exact) mass is 258 g/mol. The Kier molecular flexibility index (Phi) is 3.30. The molecule has 2 unspecified atom stereocenters. The molecule has 2 aliphatic rings. The second kappa shape index (κ2) is 4.82. The molecule has 0 aliphatic carbocycles. The number of aryl methyl sites for hydroxylation is 3. The van der Waals surface area contributed by atoms with Crippen LogP contribution in [-0.4, -0.2) is 25.2 Å². The van der Waals surface area contributed by atoms with Gasteiger partial charge in [0.05, 0.1) is 0 Å². The quantitative estimate of drug-likeness (QED) is 0.875. The minimum atomic E-state index is 0.722. The number of hydrogen-bond acceptors (Lipinski definition) is 2. The van der Waals surface area contributed by atoms with Crippen LogP contribution in [0.2, 0.25) is 0 Å². The minimum Gasteiger partial charge on any atom is -0.365 e. The number of piperidine rings is 1. The van der Waals surface area contributed by atoms with E-state index in [4.69, 9.17) is 0 Å². The highest BCUT2D eigenvalue weighted by Gasteiger charge is 2.41. The summed E-state index contributed by atoms with van der Waals surface area (Å²) < 4.78 is 0. The van der Waals surface area contributed by atoms with Crippen LogP contribution in [0.1, 0.15) is 42.4 Å². The smallest absolute Gasteiger partial charge is 0.0430 e. The van der Waals surface area contributed by atoms with Gasteiger partial charge in [0.25, 0.3) is 0 Å². The molecule has 3 rings (SSSR count). The number of rotatable bonds is 2. The van der Waals surface area contributed by atoms with Gasteiger partial charge in [-0.2, -0.15) is 0 Å². The Morgan fingerprint density at radius 2 is 1.53 bits per heavy atom. The molecule has 2 saturated heterocycles. The van der Waals surface area contributed by atoms with Gasteiger partial charge in [-0.25, -0.2) is 0 Å². The van der Waals surface area contributed by atoms with Crippen LogP contribution in [0.4, 0.5) is 5.69 Å². The molecule has 0 spiro atoms. The molecule has 2 atom stereocenters. The molecule has 0 aromatic heterocycles. The third-order valence-corrected chi connectivity index (χ3v) is 5.03. The predicted octanol–water partition coefficient (Wildman–Crippen LogP) is 3.33. The molecule has 19 heavy (non-hydrogen) atoms. The molecule has 0 amide bonds. The number of fused-ring (bicyclic) bond motifs is 2. The van der Waals surface area contributed by atoms with Gasteiger partial charge in [0.15, 0.2) is 0 Å². The van der Waals surface area contributed by atoms with Gasteiger partial charge >= 0.3 is 0 Å². The summed E-state index contributed by atoms with van der Waals surface area (Å²) in [7, 11) is 2.11. The van der Waals surface area contributed by atoms with Gasteiger partial charge in [0, 0.05) is 23.8 Å². The van der Waals surface area contributed by atoms with Crippen molar-refractivity contribution in [2.24, 2.45) is 0 Å². The normalized spacial score (nSPS) is 29.9. The van der Waals surface area contributed by atoms with Crippen LogP contribution in [0, 0.1) is 20.8 Å². The average Bonchev–Trinajstić information content (AvgIpc) is 2.60. The standard InChI is InChI=1S/C17H26N2/c1-11-7-12(2)17(13(3)8-11)19-15-5-6-16(19)10-14(9-15)18-4/h7-8,14-16,18H,5-6,9-10H2,1-4H3. The Labute approximate surface area is 117 Å². The number of nitrogens with one attached hydrogen (secondary N) is 1. The molecule has 104 valence electrons.